The molecule has 0 aromatic heterocycles. The Morgan fingerprint density at radius 2 is 1.77 bits per heavy atom. The first-order valence-electron chi connectivity index (χ1n) is 4.74. The number of hydrogen-bond donors (Lipinski definition) is 1. The number of thiol groups is 1. The SMILES string of the molecule is SSCCCCCc1ccccc1. The molecule has 0 N–H and O–H groups in total. The highest BCUT2D eigenvalue weighted by Crippen LogP contribution is 2.11. The van der Waals surface area contributed by atoms with E-state index < -0.39 is 0 Å². The van der Waals surface area contributed by atoms with Crippen LogP contribution in [0, 0.1) is 0 Å². The lowest BCUT2D eigenvalue weighted by Gasteiger charge is -2.00. The number of rotatable bonds is 6. The normalized spacial score (nSPS) is 10.2. The van der Waals surface area contributed by atoms with Crippen molar-refractivity contribution in [1.29, 1.82) is 0 Å². The lowest BCUT2D eigenvalue weighted by molar-refractivity contribution is 0.723. The Bertz CT molecular complexity index is 209. The van der Waals surface area contributed by atoms with Gasteiger partial charge in [0.15, 0.2) is 0 Å². The second kappa shape index (κ2) is 7.34. The van der Waals surface area contributed by atoms with Crippen LogP contribution in [0.1, 0.15) is 24.8 Å². The Balaban J connectivity index is 2.07. The molecule has 2 heteroatoms. The van der Waals surface area contributed by atoms with Gasteiger partial charge in [-0.2, -0.15) is 0 Å². The predicted molar refractivity (Wildman–Crippen MR) is 65.4 cm³/mol. The van der Waals surface area contributed by atoms with Gasteiger partial charge in [0.05, 0.1) is 0 Å². The average Bonchev–Trinajstić information content (AvgIpc) is 2.19. The summed E-state index contributed by atoms with van der Waals surface area (Å²) in [5, 5.41) is 0. The maximum absolute atomic E-state index is 4.11. The monoisotopic (exact) mass is 212 g/mol. The highest BCUT2D eigenvalue weighted by Gasteiger charge is 1.91. The molecular formula is C11H16S2. The predicted octanol–water partition coefficient (Wildman–Crippen LogP) is 3.98. The van der Waals surface area contributed by atoms with Gasteiger partial charge >= 0.3 is 0 Å². The Hall–Kier alpha value is -0.0800. The van der Waals surface area contributed by atoms with Gasteiger partial charge < -0.3 is 0 Å². The zero-order valence-electron chi connectivity index (χ0n) is 7.78. The molecule has 0 bridgehead atoms. The highest BCUT2D eigenvalue weighted by molar-refractivity contribution is 8.68. The molecule has 0 saturated carbocycles. The van der Waals surface area contributed by atoms with Gasteiger partial charge in [-0.15, -0.1) is 11.7 Å². The van der Waals surface area contributed by atoms with Crippen LogP contribution >= 0.6 is 22.5 Å². The zero-order valence-corrected chi connectivity index (χ0v) is 9.49. The van der Waals surface area contributed by atoms with Crippen LogP contribution in [0.25, 0.3) is 0 Å². The van der Waals surface area contributed by atoms with E-state index in [-0.39, 0.29) is 0 Å². The van der Waals surface area contributed by atoms with Crippen LogP contribution < -0.4 is 0 Å². The van der Waals surface area contributed by atoms with Crippen LogP contribution in [0.2, 0.25) is 0 Å². The quantitative estimate of drug-likeness (QED) is 0.423. The second-order valence-corrected chi connectivity index (χ2v) is 4.57. The molecule has 0 nitrogen and oxygen atoms in total. The zero-order chi connectivity index (χ0) is 9.36. The number of aryl methyl sites for hydroxylation is 1. The van der Waals surface area contributed by atoms with Crippen molar-refractivity contribution < 1.29 is 0 Å². The Kier molecular flexibility index (Phi) is 6.21. The van der Waals surface area contributed by atoms with E-state index in [1.165, 1.54) is 37.0 Å². The molecule has 0 fully saturated rings. The minimum Gasteiger partial charge on any atom is -0.111 e. The van der Waals surface area contributed by atoms with Crippen LogP contribution in [0.15, 0.2) is 30.3 Å². The molecule has 0 amide bonds. The maximum Gasteiger partial charge on any atom is 0.00345 e. The van der Waals surface area contributed by atoms with E-state index >= 15 is 0 Å². The van der Waals surface area contributed by atoms with Crippen molar-refractivity contribution in [3.8, 4) is 0 Å². The van der Waals surface area contributed by atoms with E-state index in [4.69, 9.17) is 0 Å². The third-order valence-electron chi connectivity index (χ3n) is 2.04. The lowest BCUT2D eigenvalue weighted by Crippen LogP contribution is -1.85. The van der Waals surface area contributed by atoms with Gasteiger partial charge in [0, 0.05) is 5.75 Å². The van der Waals surface area contributed by atoms with Crippen molar-refractivity contribution in [2.75, 3.05) is 5.75 Å². The molecule has 0 atom stereocenters. The van der Waals surface area contributed by atoms with E-state index in [0.717, 1.165) is 0 Å². The molecule has 0 saturated heterocycles. The Morgan fingerprint density at radius 3 is 2.46 bits per heavy atom. The number of unbranched alkanes of at least 4 members (excludes halogenated alkanes) is 2. The van der Waals surface area contributed by atoms with Gasteiger partial charge in [0.1, 0.15) is 0 Å². The van der Waals surface area contributed by atoms with Crippen molar-refractivity contribution in [1.82, 2.24) is 0 Å². The van der Waals surface area contributed by atoms with Gasteiger partial charge in [-0.25, -0.2) is 0 Å². The summed E-state index contributed by atoms with van der Waals surface area (Å²) < 4.78 is 0. The summed E-state index contributed by atoms with van der Waals surface area (Å²) in [6.07, 6.45) is 5.14. The molecule has 72 valence electrons. The molecule has 0 aliphatic carbocycles. The summed E-state index contributed by atoms with van der Waals surface area (Å²) in [5.74, 6) is 1.18. The number of benzene rings is 1. The van der Waals surface area contributed by atoms with Gasteiger partial charge in [-0.3, -0.25) is 0 Å². The molecule has 0 aliphatic heterocycles. The summed E-state index contributed by atoms with van der Waals surface area (Å²) >= 11 is 4.11. The molecule has 13 heavy (non-hydrogen) atoms. The smallest absolute Gasteiger partial charge is 0.00345 e. The fraction of sp³-hybridized carbons (Fsp3) is 0.455. The van der Waals surface area contributed by atoms with E-state index in [1.807, 2.05) is 0 Å². The van der Waals surface area contributed by atoms with Gasteiger partial charge in [0.25, 0.3) is 0 Å². The van der Waals surface area contributed by atoms with Crippen molar-refractivity contribution >= 4 is 22.5 Å². The molecule has 0 unspecified atom stereocenters. The highest BCUT2D eigenvalue weighted by atomic mass is 33.1. The molecular weight excluding hydrogens is 196 g/mol. The van der Waals surface area contributed by atoms with E-state index in [1.54, 1.807) is 10.8 Å². The maximum atomic E-state index is 4.11. The Labute approximate surface area is 89.9 Å². The molecule has 0 radical (unpaired) electrons. The minimum atomic E-state index is 1.18. The first-order chi connectivity index (χ1) is 6.43. The summed E-state index contributed by atoms with van der Waals surface area (Å²) in [5.41, 5.74) is 1.46. The van der Waals surface area contributed by atoms with Gasteiger partial charge in [0.2, 0.25) is 0 Å². The van der Waals surface area contributed by atoms with Crippen LogP contribution in [0.5, 0.6) is 0 Å². The second-order valence-electron chi connectivity index (χ2n) is 3.13. The number of hydrogen-bond acceptors (Lipinski definition) is 2. The molecule has 1 aromatic carbocycles. The first-order valence-corrected chi connectivity index (χ1v) is 6.77. The fourth-order valence-electron chi connectivity index (χ4n) is 1.32. The van der Waals surface area contributed by atoms with Gasteiger partial charge in [-0.05, 0) is 24.8 Å². The van der Waals surface area contributed by atoms with Crippen molar-refractivity contribution in [2.45, 2.75) is 25.7 Å². The summed E-state index contributed by atoms with van der Waals surface area (Å²) in [6, 6.07) is 10.7. The van der Waals surface area contributed by atoms with Crippen LogP contribution in [-0.4, -0.2) is 5.75 Å². The minimum absolute atomic E-state index is 1.18. The summed E-state index contributed by atoms with van der Waals surface area (Å²) in [6.45, 7) is 0. The van der Waals surface area contributed by atoms with E-state index in [2.05, 4.69) is 42.0 Å². The lowest BCUT2D eigenvalue weighted by atomic mass is 10.1. The molecule has 0 heterocycles. The topological polar surface area (TPSA) is 0 Å². The van der Waals surface area contributed by atoms with E-state index in [0.29, 0.717) is 0 Å². The standard InChI is InChI=1S/C11H16S2/c12-13-10-6-2-5-9-11-7-3-1-4-8-11/h1,3-4,7-8,12H,2,5-6,9-10H2. The summed E-state index contributed by atoms with van der Waals surface area (Å²) in [7, 11) is 1.64. The van der Waals surface area contributed by atoms with Crippen molar-refractivity contribution in [3.05, 3.63) is 35.9 Å². The van der Waals surface area contributed by atoms with Crippen LogP contribution in [0.4, 0.5) is 0 Å². The van der Waals surface area contributed by atoms with Crippen LogP contribution in [-0.2, 0) is 6.42 Å². The molecule has 1 aromatic rings. The van der Waals surface area contributed by atoms with Crippen molar-refractivity contribution in [2.24, 2.45) is 0 Å². The third kappa shape index (κ3) is 5.27. The van der Waals surface area contributed by atoms with E-state index in [9.17, 15) is 0 Å². The first kappa shape index (κ1) is 11.0. The fourth-order valence-corrected chi connectivity index (χ4v) is 2.04. The molecule has 0 spiro atoms. The summed E-state index contributed by atoms with van der Waals surface area (Å²) in [4.78, 5) is 0. The Morgan fingerprint density at radius 1 is 1.00 bits per heavy atom. The van der Waals surface area contributed by atoms with Gasteiger partial charge in [-0.1, -0.05) is 47.5 Å². The van der Waals surface area contributed by atoms with Crippen LogP contribution in [0.3, 0.4) is 0 Å². The largest absolute Gasteiger partial charge is 0.111 e. The average molecular weight is 212 g/mol. The molecule has 1 rings (SSSR count). The molecule has 0 aliphatic rings. The third-order valence-corrected chi connectivity index (χ3v) is 3.06. The van der Waals surface area contributed by atoms with Crippen molar-refractivity contribution in [3.63, 3.8) is 0 Å².